The number of nitrogens with zero attached hydrogens (tertiary/aromatic N) is 3. The van der Waals surface area contributed by atoms with Crippen LogP contribution in [0.3, 0.4) is 0 Å². The fourth-order valence-corrected chi connectivity index (χ4v) is 10.5. The minimum atomic E-state index is 0.555. The van der Waals surface area contributed by atoms with Crippen LogP contribution in [0.5, 0.6) is 0 Å². The van der Waals surface area contributed by atoms with E-state index in [1.807, 2.05) is 65.9 Å². The predicted molar refractivity (Wildman–Crippen MR) is 260 cm³/mol. The van der Waals surface area contributed by atoms with E-state index in [1.54, 1.807) is 0 Å². The fourth-order valence-electron chi connectivity index (χ4n) is 9.28. The first-order valence-corrected chi connectivity index (χ1v) is 21.8. The Morgan fingerprint density at radius 2 is 0.778 bits per heavy atom. The predicted octanol–water partition coefficient (Wildman–Crippen LogP) is 16.0. The van der Waals surface area contributed by atoms with Crippen LogP contribution < -0.4 is 0 Å². The number of fused-ring (bicyclic) bond motifs is 9. The van der Waals surface area contributed by atoms with Crippen LogP contribution >= 0.6 is 11.3 Å². The smallest absolute Gasteiger partial charge is 0.164 e. The van der Waals surface area contributed by atoms with Gasteiger partial charge in [-0.1, -0.05) is 158 Å². The van der Waals surface area contributed by atoms with E-state index in [2.05, 4.69) is 146 Å². The van der Waals surface area contributed by atoms with Gasteiger partial charge in [-0.3, -0.25) is 0 Å². The fraction of sp³-hybridized carbons (Fsp3) is 0. The Balaban J connectivity index is 0.942. The second kappa shape index (κ2) is 14.2. The molecule has 13 aromatic rings. The van der Waals surface area contributed by atoms with Crippen molar-refractivity contribution in [1.82, 2.24) is 15.0 Å². The van der Waals surface area contributed by atoms with E-state index < -0.39 is 0 Å². The Morgan fingerprint density at radius 1 is 0.302 bits per heavy atom. The molecule has 0 bridgehead atoms. The quantitative estimate of drug-likeness (QED) is 0.167. The Hall–Kier alpha value is -8.19. The van der Waals surface area contributed by atoms with Gasteiger partial charge in [0.05, 0.1) is 0 Å². The lowest BCUT2D eigenvalue weighted by molar-refractivity contribution is 0.669. The molecule has 4 heterocycles. The summed E-state index contributed by atoms with van der Waals surface area (Å²) in [6, 6.07) is 69.7. The molecule has 0 unspecified atom stereocenters. The summed E-state index contributed by atoms with van der Waals surface area (Å²) in [7, 11) is 0. The van der Waals surface area contributed by atoms with Crippen molar-refractivity contribution >= 4 is 75.4 Å². The van der Waals surface area contributed by atoms with E-state index in [4.69, 9.17) is 23.8 Å². The van der Waals surface area contributed by atoms with Crippen LogP contribution in [0, 0.1) is 0 Å². The second-order valence-corrected chi connectivity index (χ2v) is 16.9. The summed E-state index contributed by atoms with van der Waals surface area (Å²) >= 11 is 1.85. The highest BCUT2D eigenvalue weighted by molar-refractivity contribution is 7.26. The molecule has 63 heavy (non-hydrogen) atoms. The monoisotopic (exact) mass is 823 g/mol. The van der Waals surface area contributed by atoms with E-state index in [-0.39, 0.29) is 0 Å². The zero-order valence-corrected chi connectivity index (χ0v) is 34.4. The topological polar surface area (TPSA) is 65.0 Å². The van der Waals surface area contributed by atoms with Crippen molar-refractivity contribution < 1.29 is 8.83 Å². The van der Waals surface area contributed by atoms with Crippen molar-refractivity contribution in [2.75, 3.05) is 0 Å². The lowest BCUT2D eigenvalue weighted by Crippen LogP contribution is -2.00. The Labute approximate surface area is 365 Å². The van der Waals surface area contributed by atoms with Gasteiger partial charge in [0.15, 0.2) is 17.5 Å². The molecule has 13 rings (SSSR count). The number of thiophene rings is 1. The number of hydrogen-bond acceptors (Lipinski definition) is 6. The van der Waals surface area contributed by atoms with Crippen molar-refractivity contribution in [3.8, 4) is 67.5 Å². The molecule has 0 fully saturated rings. The number of hydrogen-bond donors (Lipinski definition) is 0. The molecule has 0 saturated carbocycles. The SMILES string of the molecule is c1ccc(-c2nc(-c3ccc4c(c3)oc3cccc(-c5ccccc5)c34)nc(-c3ccc4c(c3)oc3cccc(-c5ccccc5-c5cccc6c5sc5ccccc56)c34)n2)cc1. The van der Waals surface area contributed by atoms with Gasteiger partial charge in [-0.25, -0.2) is 15.0 Å². The Kier molecular flexibility index (Phi) is 8.01. The zero-order chi connectivity index (χ0) is 41.4. The first-order valence-electron chi connectivity index (χ1n) is 21.0. The van der Waals surface area contributed by atoms with Crippen molar-refractivity contribution in [2.45, 2.75) is 0 Å². The summed E-state index contributed by atoms with van der Waals surface area (Å²) in [6.07, 6.45) is 0. The molecule has 6 heteroatoms. The van der Waals surface area contributed by atoms with Gasteiger partial charge >= 0.3 is 0 Å². The van der Waals surface area contributed by atoms with Crippen LogP contribution in [0.4, 0.5) is 0 Å². The van der Waals surface area contributed by atoms with Crippen LogP contribution in [0.2, 0.25) is 0 Å². The molecule has 0 aliphatic carbocycles. The first kappa shape index (κ1) is 35.6. The van der Waals surface area contributed by atoms with Gasteiger partial charge < -0.3 is 8.83 Å². The number of furan rings is 2. The first-order chi connectivity index (χ1) is 31.2. The van der Waals surface area contributed by atoms with E-state index in [1.165, 1.54) is 31.3 Å². The molecule has 0 N–H and O–H groups in total. The molecule has 4 aromatic heterocycles. The van der Waals surface area contributed by atoms with Gasteiger partial charge in [-0.05, 0) is 70.3 Å². The maximum absolute atomic E-state index is 6.70. The summed E-state index contributed by atoms with van der Waals surface area (Å²) in [5.41, 5.74) is 12.8. The minimum Gasteiger partial charge on any atom is -0.456 e. The molecule has 294 valence electrons. The van der Waals surface area contributed by atoms with Crippen molar-refractivity contribution in [1.29, 1.82) is 0 Å². The van der Waals surface area contributed by atoms with E-state index >= 15 is 0 Å². The third-order valence-corrected chi connectivity index (χ3v) is 13.4. The van der Waals surface area contributed by atoms with E-state index in [0.717, 1.165) is 82.8 Å². The number of rotatable bonds is 6. The Bertz CT molecular complexity index is 3920. The molecular weight excluding hydrogens is 791 g/mol. The highest BCUT2D eigenvalue weighted by Crippen LogP contribution is 2.46. The zero-order valence-electron chi connectivity index (χ0n) is 33.6. The van der Waals surface area contributed by atoms with Crippen molar-refractivity contribution in [3.63, 3.8) is 0 Å². The molecule has 5 nitrogen and oxygen atoms in total. The van der Waals surface area contributed by atoms with Gasteiger partial charge in [-0.2, -0.15) is 0 Å². The third-order valence-electron chi connectivity index (χ3n) is 12.2. The summed E-state index contributed by atoms with van der Waals surface area (Å²) in [5.74, 6) is 1.70. The standard InChI is InChI=1S/C57H33N3O2S/c1-3-14-34(15-4-1)38-21-12-25-47-52(38)45-30-28-36(32-49(45)61-47)56-58-55(35-16-5-2-6-17-35)59-57(60-56)37-29-31-46-50(33-37)62-48-26-13-22-42(53(46)48)39-18-7-8-19-40(39)43-23-11-24-44-41-20-9-10-27-51(41)63-54(43)44/h1-33H. The largest absolute Gasteiger partial charge is 0.456 e. The Morgan fingerprint density at radius 3 is 1.44 bits per heavy atom. The van der Waals surface area contributed by atoms with Crippen LogP contribution in [0.25, 0.3) is 132 Å². The maximum Gasteiger partial charge on any atom is 0.164 e. The van der Waals surface area contributed by atoms with Gasteiger partial charge in [0.25, 0.3) is 0 Å². The molecule has 0 aliphatic heterocycles. The summed E-state index contributed by atoms with van der Waals surface area (Å²) < 4.78 is 15.8. The van der Waals surface area contributed by atoms with Crippen LogP contribution in [-0.4, -0.2) is 15.0 Å². The van der Waals surface area contributed by atoms with E-state index in [9.17, 15) is 0 Å². The average molecular weight is 824 g/mol. The van der Waals surface area contributed by atoms with E-state index in [0.29, 0.717) is 17.5 Å². The molecule has 0 saturated heterocycles. The molecule has 0 spiro atoms. The van der Waals surface area contributed by atoms with Crippen molar-refractivity contribution in [2.24, 2.45) is 0 Å². The normalized spacial score (nSPS) is 11.8. The number of aromatic nitrogens is 3. The van der Waals surface area contributed by atoms with Crippen LogP contribution in [0.1, 0.15) is 0 Å². The summed E-state index contributed by atoms with van der Waals surface area (Å²) in [4.78, 5) is 15.2. The molecule has 9 aromatic carbocycles. The summed E-state index contributed by atoms with van der Waals surface area (Å²) in [6.45, 7) is 0. The maximum atomic E-state index is 6.70. The van der Waals surface area contributed by atoms with Crippen molar-refractivity contribution in [3.05, 3.63) is 200 Å². The lowest BCUT2D eigenvalue weighted by Gasteiger charge is -2.12. The highest BCUT2D eigenvalue weighted by atomic mass is 32.1. The van der Waals surface area contributed by atoms with Gasteiger partial charge in [0.2, 0.25) is 0 Å². The third kappa shape index (κ3) is 5.80. The molecule has 0 radical (unpaired) electrons. The van der Waals surface area contributed by atoms with Crippen LogP contribution in [0.15, 0.2) is 209 Å². The van der Waals surface area contributed by atoms with Gasteiger partial charge in [-0.15, -0.1) is 11.3 Å². The molecular formula is C57H33N3O2S. The average Bonchev–Trinajstić information content (AvgIpc) is 4.05. The molecule has 0 amide bonds. The summed E-state index contributed by atoms with van der Waals surface area (Å²) in [5, 5.41) is 6.81. The van der Waals surface area contributed by atoms with Crippen LogP contribution in [-0.2, 0) is 0 Å². The highest BCUT2D eigenvalue weighted by Gasteiger charge is 2.21. The van der Waals surface area contributed by atoms with Gasteiger partial charge in [0, 0.05) is 64.0 Å². The van der Waals surface area contributed by atoms with Gasteiger partial charge in [0.1, 0.15) is 22.3 Å². The minimum absolute atomic E-state index is 0.555. The molecule has 0 atom stereocenters. The second-order valence-electron chi connectivity index (χ2n) is 15.8. The number of benzene rings is 9. The molecule has 0 aliphatic rings. The lowest BCUT2D eigenvalue weighted by atomic mass is 9.91.